The van der Waals surface area contributed by atoms with E-state index >= 15 is 0 Å². The summed E-state index contributed by atoms with van der Waals surface area (Å²) in [6.07, 6.45) is 0.465. The first-order valence-corrected chi connectivity index (χ1v) is 9.85. The Morgan fingerprint density at radius 2 is 1.68 bits per heavy atom. The van der Waals surface area contributed by atoms with Crippen LogP contribution in [0.1, 0.15) is 37.6 Å². The minimum atomic E-state index is -0.279. The van der Waals surface area contributed by atoms with Gasteiger partial charge in [0.25, 0.3) is 5.91 Å². The van der Waals surface area contributed by atoms with Gasteiger partial charge in [-0.1, -0.05) is 13.8 Å². The van der Waals surface area contributed by atoms with E-state index in [1.165, 1.54) is 7.11 Å². The Bertz CT molecular complexity index is 835. The Hall–Kier alpha value is -2.54. The number of nitrogens with one attached hydrogen (secondary N) is 2. The highest BCUT2D eigenvalue weighted by atomic mass is 79.9. The molecular weight excluding hydrogens is 424 g/mol. The fourth-order valence-electron chi connectivity index (χ4n) is 2.56. The molecule has 2 amide bonds. The van der Waals surface area contributed by atoms with Crippen LogP contribution < -0.4 is 20.1 Å². The van der Waals surface area contributed by atoms with Gasteiger partial charge in [-0.05, 0) is 65.2 Å². The van der Waals surface area contributed by atoms with Gasteiger partial charge in [-0.3, -0.25) is 9.59 Å². The van der Waals surface area contributed by atoms with E-state index in [-0.39, 0.29) is 11.8 Å². The fraction of sp³-hybridized carbons (Fsp3) is 0.333. The minimum Gasteiger partial charge on any atom is -0.493 e. The topological polar surface area (TPSA) is 76.7 Å². The standard InChI is InChI=1S/C21H25BrN2O4/c1-5-28-20-17(22)11-14(12-18(20)27-4)21(26)24-16-8-6-15(7-9-16)23-19(25)10-13(2)3/h6-9,11-13H,5,10H2,1-4H3,(H,23,25)(H,24,26). The van der Waals surface area contributed by atoms with Crippen LogP contribution in [-0.4, -0.2) is 25.5 Å². The molecule has 0 bridgehead atoms. The van der Waals surface area contributed by atoms with Crippen LogP contribution in [0.25, 0.3) is 0 Å². The molecule has 2 aromatic rings. The van der Waals surface area contributed by atoms with Crippen LogP contribution in [0.5, 0.6) is 11.5 Å². The predicted molar refractivity (Wildman–Crippen MR) is 114 cm³/mol. The number of ether oxygens (including phenoxy) is 2. The molecule has 2 aromatic carbocycles. The van der Waals surface area contributed by atoms with Gasteiger partial charge in [0.05, 0.1) is 18.2 Å². The van der Waals surface area contributed by atoms with Crippen LogP contribution in [0.2, 0.25) is 0 Å². The van der Waals surface area contributed by atoms with E-state index in [0.29, 0.717) is 51.9 Å². The van der Waals surface area contributed by atoms with Gasteiger partial charge in [0.2, 0.25) is 5.91 Å². The Kier molecular flexibility index (Phi) is 7.87. The number of carbonyl (C=O) groups excluding carboxylic acids is 2. The summed E-state index contributed by atoms with van der Waals surface area (Å²) in [6.45, 7) is 6.35. The molecule has 6 nitrogen and oxygen atoms in total. The van der Waals surface area contributed by atoms with E-state index in [1.54, 1.807) is 36.4 Å². The van der Waals surface area contributed by atoms with Crippen molar-refractivity contribution < 1.29 is 19.1 Å². The van der Waals surface area contributed by atoms with E-state index in [1.807, 2.05) is 20.8 Å². The number of benzene rings is 2. The van der Waals surface area contributed by atoms with Crippen LogP contribution in [-0.2, 0) is 4.79 Å². The smallest absolute Gasteiger partial charge is 0.255 e. The van der Waals surface area contributed by atoms with Gasteiger partial charge in [0, 0.05) is 23.4 Å². The Balaban J connectivity index is 2.08. The van der Waals surface area contributed by atoms with Crippen molar-refractivity contribution in [3.8, 4) is 11.5 Å². The summed E-state index contributed by atoms with van der Waals surface area (Å²) in [5.74, 6) is 1.02. The second-order valence-electron chi connectivity index (χ2n) is 6.60. The SMILES string of the molecule is CCOc1c(Br)cc(C(=O)Nc2ccc(NC(=O)CC(C)C)cc2)cc1OC. The molecule has 0 radical (unpaired) electrons. The molecule has 0 saturated carbocycles. The van der Waals surface area contributed by atoms with Gasteiger partial charge in [-0.2, -0.15) is 0 Å². The number of anilines is 2. The number of hydrogen-bond acceptors (Lipinski definition) is 4. The summed E-state index contributed by atoms with van der Waals surface area (Å²) < 4.78 is 11.5. The van der Waals surface area contributed by atoms with Gasteiger partial charge < -0.3 is 20.1 Å². The lowest BCUT2D eigenvalue weighted by Gasteiger charge is -2.13. The van der Waals surface area contributed by atoms with Gasteiger partial charge in [0.15, 0.2) is 11.5 Å². The predicted octanol–water partition coefficient (Wildman–Crippen LogP) is 5.09. The molecule has 28 heavy (non-hydrogen) atoms. The second kappa shape index (κ2) is 10.1. The van der Waals surface area contributed by atoms with Gasteiger partial charge >= 0.3 is 0 Å². The van der Waals surface area contributed by atoms with Crippen LogP contribution in [0.4, 0.5) is 11.4 Å². The average molecular weight is 449 g/mol. The van der Waals surface area contributed by atoms with Crippen molar-refractivity contribution in [3.05, 3.63) is 46.4 Å². The quantitative estimate of drug-likeness (QED) is 0.589. The molecule has 0 aliphatic rings. The number of carbonyl (C=O) groups is 2. The molecule has 0 atom stereocenters. The maximum absolute atomic E-state index is 12.6. The van der Waals surface area contributed by atoms with E-state index in [0.717, 1.165) is 0 Å². The molecule has 0 aromatic heterocycles. The second-order valence-corrected chi connectivity index (χ2v) is 7.45. The molecule has 0 aliphatic carbocycles. The summed E-state index contributed by atoms with van der Waals surface area (Å²) >= 11 is 3.42. The minimum absolute atomic E-state index is 0.0295. The maximum Gasteiger partial charge on any atom is 0.255 e. The van der Waals surface area contributed by atoms with E-state index in [4.69, 9.17) is 9.47 Å². The molecule has 0 fully saturated rings. The van der Waals surface area contributed by atoms with Crippen LogP contribution in [0.15, 0.2) is 40.9 Å². The van der Waals surface area contributed by atoms with Gasteiger partial charge in [0.1, 0.15) is 0 Å². The van der Waals surface area contributed by atoms with Gasteiger partial charge in [-0.15, -0.1) is 0 Å². The first kappa shape index (κ1) is 21.8. The zero-order valence-electron chi connectivity index (χ0n) is 16.5. The highest BCUT2D eigenvalue weighted by molar-refractivity contribution is 9.10. The van der Waals surface area contributed by atoms with Crippen molar-refractivity contribution in [1.29, 1.82) is 0 Å². The molecule has 0 spiro atoms. The third-order valence-electron chi connectivity index (χ3n) is 3.80. The number of rotatable bonds is 8. The summed E-state index contributed by atoms with van der Waals surface area (Å²) in [5, 5.41) is 5.67. The van der Waals surface area contributed by atoms with Crippen LogP contribution in [0.3, 0.4) is 0 Å². The normalized spacial score (nSPS) is 10.5. The zero-order valence-corrected chi connectivity index (χ0v) is 18.1. The molecule has 0 saturated heterocycles. The molecule has 0 heterocycles. The highest BCUT2D eigenvalue weighted by Crippen LogP contribution is 2.36. The third-order valence-corrected chi connectivity index (χ3v) is 4.39. The number of amides is 2. The Morgan fingerprint density at radius 3 is 2.21 bits per heavy atom. The largest absolute Gasteiger partial charge is 0.493 e. The Labute approximate surface area is 173 Å². The molecular formula is C21H25BrN2O4. The first-order chi connectivity index (χ1) is 13.3. The lowest BCUT2D eigenvalue weighted by atomic mass is 10.1. The van der Waals surface area contributed by atoms with Crippen LogP contribution >= 0.6 is 15.9 Å². The molecule has 2 N–H and O–H groups in total. The van der Waals surface area contributed by atoms with Crippen molar-refractivity contribution in [3.63, 3.8) is 0 Å². The summed E-state index contributed by atoms with van der Waals surface area (Å²) in [5.41, 5.74) is 1.74. The lowest BCUT2D eigenvalue weighted by Crippen LogP contribution is -2.14. The van der Waals surface area contributed by atoms with Crippen molar-refractivity contribution in [2.45, 2.75) is 27.2 Å². The number of methoxy groups -OCH3 is 1. The van der Waals surface area contributed by atoms with E-state index in [2.05, 4.69) is 26.6 Å². The molecule has 2 rings (SSSR count). The van der Waals surface area contributed by atoms with Crippen molar-refractivity contribution in [2.75, 3.05) is 24.4 Å². The Morgan fingerprint density at radius 1 is 1.07 bits per heavy atom. The highest BCUT2D eigenvalue weighted by Gasteiger charge is 2.15. The monoisotopic (exact) mass is 448 g/mol. The van der Waals surface area contributed by atoms with E-state index < -0.39 is 0 Å². The maximum atomic E-state index is 12.6. The zero-order chi connectivity index (χ0) is 20.7. The van der Waals surface area contributed by atoms with E-state index in [9.17, 15) is 9.59 Å². The number of halogens is 1. The summed E-state index contributed by atoms with van der Waals surface area (Å²) in [7, 11) is 1.53. The van der Waals surface area contributed by atoms with Gasteiger partial charge in [-0.25, -0.2) is 0 Å². The fourth-order valence-corrected chi connectivity index (χ4v) is 3.11. The average Bonchev–Trinajstić information content (AvgIpc) is 2.64. The molecule has 7 heteroatoms. The third kappa shape index (κ3) is 5.99. The summed E-state index contributed by atoms with van der Waals surface area (Å²) in [4.78, 5) is 24.4. The van der Waals surface area contributed by atoms with Crippen molar-refractivity contribution in [2.24, 2.45) is 5.92 Å². The number of hydrogen-bond donors (Lipinski definition) is 2. The van der Waals surface area contributed by atoms with Crippen LogP contribution in [0, 0.1) is 5.92 Å². The molecule has 0 aliphatic heterocycles. The lowest BCUT2D eigenvalue weighted by molar-refractivity contribution is -0.116. The first-order valence-electron chi connectivity index (χ1n) is 9.05. The van der Waals surface area contributed by atoms with Crippen molar-refractivity contribution in [1.82, 2.24) is 0 Å². The van der Waals surface area contributed by atoms with Crippen molar-refractivity contribution >= 4 is 39.1 Å². The summed E-state index contributed by atoms with van der Waals surface area (Å²) in [6, 6.07) is 10.3. The molecule has 0 unspecified atom stereocenters. The molecule has 150 valence electrons.